The summed E-state index contributed by atoms with van der Waals surface area (Å²) >= 11 is 0. The average Bonchev–Trinajstić information content (AvgIpc) is 2.64. The number of carbonyl (C=O) groups excluding carboxylic acids is 1. The van der Waals surface area contributed by atoms with Crippen molar-refractivity contribution in [2.24, 2.45) is 0 Å². The summed E-state index contributed by atoms with van der Waals surface area (Å²) in [5.74, 6) is 0. The zero-order chi connectivity index (χ0) is 12.1. The minimum absolute atomic E-state index is 0.0304. The number of aliphatic hydroxyl groups excluding tert-OH is 1. The fourth-order valence-corrected chi connectivity index (χ4v) is 2.95. The summed E-state index contributed by atoms with van der Waals surface area (Å²) in [5, 5.41) is 12.6. The first-order valence-corrected chi connectivity index (χ1v) is 6.94. The average molecular weight is 240 g/mol. The maximum absolute atomic E-state index is 12.2. The summed E-state index contributed by atoms with van der Waals surface area (Å²) < 4.78 is 0. The van der Waals surface area contributed by atoms with Gasteiger partial charge in [-0.1, -0.05) is 25.7 Å². The second-order valence-corrected chi connectivity index (χ2v) is 5.48. The van der Waals surface area contributed by atoms with Crippen molar-refractivity contribution >= 4 is 6.03 Å². The molecule has 2 aliphatic rings. The van der Waals surface area contributed by atoms with E-state index in [-0.39, 0.29) is 18.2 Å². The summed E-state index contributed by atoms with van der Waals surface area (Å²) in [4.78, 5) is 14.1. The Morgan fingerprint density at radius 3 is 2.18 bits per heavy atom. The molecule has 1 saturated heterocycles. The Hall–Kier alpha value is -0.770. The van der Waals surface area contributed by atoms with Crippen LogP contribution >= 0.6 is 0 Å². The second-order valence-electron chi connectivity index (χ2n) is 5.48. The molecule has 2 rings (SSSR count). The van der Waals surface area contributed by atoms with Crippen LogP contribution in [0.2, 0.25) is 0 Å². The normalized spacial score (nSPS) is 24.4. The summed E-state index contributed by atoms with van der Waals surface area (Å²) in [6.07, 6.45) is 8.75. The molecule has 4 heteroatoms. The van der Waals surface area contributed by atoms with Crippen LogP contribution in [0.3, 0.4) is 0 Å². The monoisotopic (exact) mass is 240 g/mol. The van der Waals surface area contributed by atoms with Crippen molar-refractivity contribution in [1.29, 1.82) is 0 Å². The Morgan fingerprint density at radius 2 is 1.65 bits per heavy atom. The number of nitrogens with zero attached hydrogens (tertiary/aromatic N) is 1. The number of nitrogens with one attached hydrogen (secondary N) is 1. The number of hydrogen-bond acceptors (Lipinski definition) is 2. The molecule has 2 amide bonds. The molecule has 0 bridgehead atoms. The number of likely N-dealkylation sites (tertiary alicyclic amines) is 1. The van der Waals surface area contributed by atoms with Crippen molar-refractivity contribution in [3.63, 3.8) is 0 Å². The third-order valence-electron chi connectivity index (χ3n) is 4.13. The maximum atomic E-state index is 12.2. The van der Waals surface area contributed by atoms with E-state index < -0.39 is 0 Å². The van der Waals surface area contributed by atoms with E-state index in [9.17, 15) is 9.90 Å². The number of urea groups is 1. The number of amides is 2. The number of aliphatic hydroxyl groups is 1. The molecule has 0 atom stereocenters. The van der Waals surface area contributed by atoms with Crippen LogP contribution in [0.4, 0.5) is 4.79 Å². The molecule has 1 aliphatic carbocycles. The molecule has 0 spiro atoms. The smallest absolute Gasteiger partial charge is 0.317 e. The van der Waals surface area contributed by atoms with E-state index in [0.717, 1.165) is 51.6 Å². The van der Waals surface area contributed by atoms with Crippen LogP contribution in [0.25, 0.3) is 0 Å². The lowest BCUT2D eigenvalue weighted by atomic mass is 9.99. The lowest BCUT2D eigenvalue weighted by Gasteiger charge is -2.31. The van der Waals surface area contributed by atoms with Crippen LogP contribution < -0.4 is 5.32 Å². The largest absolute Gasteiger partial charge is 0.394 e. The van der Waals surface area contributed by atoms with Crippen molar-refractivity contribution in [2.45, 2.75) is 56.9 Å². The predicted molar refractivity (Wildman–Crippen MR) is 66.9 cm³/mol. The SMILES string of the molecule is O=C(NC1(CO)CCCC1)N1CCCCCC1. The van der Waals surface area contributed by atoms with Crippen molar-refractivity contribution in [3.8, 4) is 0 Å². The first-order valence-electron chi connectivity index (χ1n) is 6.94. The molecule has 0 aromatic carbocycles. The van der Waals surface area contributed by atoms with Crippen molar-refractivity contribution in [1.82, 2.24) is 10.2 Å². The molecule has 2 fully saturated rings. The van der Waals surface area contributed by atoms with Crippen LogP contribution in [0.15, 0.2) is 0 Å². The first kappa shape index (κ1) is 12.7. The highest BCUT2D eigenvalue weighted by Gasteiger charge is 2.35. The molecule has 0 unspecified atom stereocenters. The van der Waals surface area contributed by atoms with Crippen LogP contribution in [0.5, 0.6) is 0 Å². The zero-order valence-corrected chi connectivity index (χ0v) is 10.6. The number of carbonyl (C=O) groups is 1. The number of rotatable bonds is 2. The van der Waals surface area contributed by atoms with Crippen LogP contribution in [-0.4, -0.2) is 41.3 Å². The van der Waals surface area contributed by atoms with E-state index in [4.69, 9.17) is 0 Å². The van der Waals surface area contributed by atoms with Gasteiger partial charge in [0.05, 0.1) is 12.1 Å². The fraction of sp³-hybridized carbons (Fsp3) is 0.923. The van der Waals surface area contributed by atoms with Gasteiger partial charge in [-0.3, -0.25) is 0 Å². The van der Waals surface area contributed by atoms with Crippen molar-refractivity contribution in [3.05, 3.63) is 0 Å². The van der Waals surface area contributed by atoms with Gasteiger partial charge in [-0.05, 0) is 25.7 Å². The van der Waals surface area contributed by atoms with Gasteiger partial charge >= 0.3 is 6.03 Å². The van der Waals surface area contributed by atoms with Crippen molar-refractivity contribution in [2.75, 3.05) is 19.7 Å². The van der Waals surface area contributed by atoms with E-state index in [2.05, 4.69) is 5.32 Å². The van der Waals surface area contributed by atoms with Crippen LogP contribution in [0.1, 0.15) is 51.4 Å². The Balaban J connectivity index is 1.90. The molecule has 98 valence electrons. The molecule has 4 nitrogen and oxygen atoms in total. The van der Waals surface area contributed by atoms with Crippen molar-refractivity contribution < 1.29 is 9.90 Å². The Labute approximate surface area is 103 Å². The van der Waals surface area contributed by atoms with Gasteiger partial charge in [0, 0.05) is 13.1 Å². The van der Waals surface area contributed by atoms with Gasteiger partial charge in [0.15, 0.2) is 0 Å². The van der Waals surface area contributed by atoms with E-state index in [0.29, 0.717) is 0 Å². The van der Waals surface area contributed by atoms with Gasteiger partial charge in [-0.25, -0.2) is 4.79 Å². The topological polar surface area (TPSA) is 52.6 Å². The minimum Gasteiger partial charge on any atom is -0.394 e. The fourth-order valence-electron chi connectivity index (χ4n) is 2.95. The van der Waals surface area contributed by atoms with E-state index >= 15 is 0 Å². The lowest BCUT2D eigenvalue weighted by molar-refractivity contribution is 0.145. The van der Waals surface area contributed by atoms with Crippen LogP contribution in [0, 0.1) is 0 Å². The van der Waals surface area contributed by atoms with E-state index in [1.165, 1.54) is 12.8 Å². The van der Waals surface area contributed by atoms with Gasteiger partial charge in [0.2, 0.25) is 0 Å². The van der Waals surface area contributed by atoms with Crippen LogP contribution in [-0.2, 0) is 0 Å². The highest BCUT2D eigenvalue weighted by molar-refractivity contribution is 5.75. The molecule has 1 aliphatic heterocycles. The first-order chi connectivity index (χ1) is 8.26. The Morgan fingerprint density at radius 1 is 1.06 bits per heavy atom. The highest BCUT2D eigenvalue weighted by Crippen LogP contribution is 2.29. The van der Waals surface area contributed by atoms with Gasteiger partial charge in [0.1, 0.15) is 0 Å². The summed E-state index contributed by atoms with van der Waals surface area (Å²) in [7, 11) is 0. The molecule has 17 heavy (non-hydrogen) atoms. The van der Waals surface area contributed by atoms with E-state index in [1.54, 1.807) is 0 Å². The Kier molecular flexibility index (Phi) is 4.26. The third kappa shape index (κ3) is 3.12. The Bertz CT molecular complexity index is 254. The van der Waals surface area contributed by atoms with Gasteiger partial charge in [-0.15, -0.1) is 0 Å². The highest BCUT2D eigenvalue weighted by atomic mass is 16.3. The molecule has 0 aromatic heterocycles. The molecule has 0 aromatic rings. The third-order valence-corrected chi connectivity index (χ3v) is 4.13. The molecule has 2 N–H and O–H groups in total. The molecular formula is C13H24N2O2. The lowest BCUT2D eigenvalue weighted by Crippen LogP contribution is -2.54. The molecular weight excluding hydrogens is 216 g/mol. The summed E-state index contributed by atoms with van der Waals surface area (Å²) in [5.41, 5.74) is -0.330. The molecule has 1 heterocycles. The predicted octanol–water partition coefficient (Wildman–Crippen LogP) is 1.88. The quantitative estimate of drug-likeness (QED) is 0.774. The standard InChI is InChI=1S/C13H24N2O2/c16-11-13(7-3-4-8-13)14-12(17)15-9-5-1-2-6-10-15/h16H,1-11H2,(H,14,17). The second kappa shape index (κ2) is 5.71. The summed E-state index contributed by atoms with van der Waals surface area (Å²) in [6.45, 7) is 1.81. The summed E-state index contributed by atoms with van der Waals surface area (Å²) in [6, 6.07) is 0.0304. The van der Waals surface area contributed by atoms with Gasteiger partial charge in [0.25, 0.3) is 0 Å². The number of hydrogen-bond donors (Lipinski definition) is 2. The molecule has 0 radical (unpaired) electrons. The maximum Gasteiger partial charge on any atom is 0.317 e. The zero-order valence-electron chi connectivity index (χ0n) is 10.6. The minimum atomic E-state index is -0.330. The van der Waals surface area contributed by atoms with E-state index in [1.807, 2.05) is 4.90 Å². The van der Waals surface area contributed by atoms with Gasteiger partial charge < -0.3 is 15.3 Å². The molecule has 1 saturated carbocycles. The van der Waals surface area contributed by atoms with Gasteiger partial charge in [-0.2, -0.15) is 0 Å².